The molecule has 1 unspecified atom stereocenters. The minimum atomic E-state index is -0.208. The van der Waals surface area contributed by atoms with Gasteiger partial charge in [-0.2, -0.15) is 0 Å². The van der Waals surface area contributed by atoms with Crippen LogP contribution in [-0.2, 0) is 0 Å². The second-order valence-corrected chi connectivity index (χ2v) is 3.35. The third kappa shape index (κ3) is 1.60. The fourth-order valence-electron chi connectivity index (χ4n) is 1.01. The van der Waals surface area contributed by atoms with E-state index in [1.54, 1.807) is 18.7 Å². The molecule has 3 nitrogen and oxygen atoms in total. The molecule has 0 amide bonds. The lowest BCUT2D eigenvalue weighted by molar-refractivity contribution is 0.506. The molecular weight excluding hydrogens is 190 g/mol. The van der Waals surface area contributed by atoms with Crippen molar-refractivity contribution in [3.05, 3.63) is 30.7 Å². The Morgan fingerprint density at radius 3 is 2.92 bits per heavy atom. The highest BCUT2D eigenvalue weighted by molar-refractivity contribution is 6.20. The zero-order chi connectivity index (χ0) is 9.26. The molecule has 2 heterocycles. The number of hydrogen-bond donors (Lipinski definition) is 0. The third-order valence-electron chi connectivity index (χ3n) is 1.67. The molecule has 0 N–H and O–H groups in total. The van der Waals surface area contributed by atoms with Crippen LogP contribution in [-0.4, -0.2) is 4.98 Å². The molecule has 68 valence electrons. The smallest absolute Gasteiger partial charge is 0.212 e. The first-order valence-electron chi connectivity index (χ1n) is 3.90. The van der Waals surface area contributed by atoms with Gasteiger partial charge in [0.2, 0.25) is 5.89 Å². The van der Waals surface area contributed by atoms with Crippen LogP contribution < -0.4 is 0 Å². The van der Waals surface area contributed by atoms with Crippen molar-refractivity contribution >= 4 is 11.6 Å². The Morgan fingerprint density at radius 2 is 2.38 bits per heavy atom. The van der Waals surface area contributed by atoms with Crippen molar-refractivity contribution in [2.45, 2.75) is 12.3 Å². The lowest BCUT2D eigenvalue weighted by Crippen LogP contribution is -1.80. The molecule has 2 rings (SSSR count). The van der Waals surface area contributed by atoms with Crippen molar-refractivity contribution in [3.8, 4) is 11.3 Å². The first kappa shape index (κ1) is 8.38. The Kier molecular flexibility index (Phi) is 2.10. The minimum Gasteiger partial charge on any atom is -0.472 e. The first-order chi connectivity index (χ1) is 6.27. The number of alkyl halides is 1. The number of aromatic nitrogens is 1. The molecule has 2 aromatic heterocycles. The topological polar surface area (TPSA) is 39.2 Å². The molecule has 1 atom stereocenters. The summed E-state index contributed by atoms with van der Waals surface area (Å²) in [5.74, 6) is 1.20. The van der Waals surface area contributed by atoms with Crippen LogP contribution in [0.15, 0.2) is 33.6 Å². The molecule has 0 spiro atoms. The second kappa shape index (κ2) is 3.26. The molecule has 0 bridgehead atoms. The van der Waals surface area contributed by atoms with Crippen LogP contribution in [0.1, 0.15) is 18.2 Å². The first-order valence-corrected chi connectivity index (χ1v) is 4.33. The van der Waals surface area contributed by atoms with E-state index in [4.69, 9.17) is 20.4 Å². The van der Waals surface area contributed by atoms with Crippen molar-refractivity contribution < 1.29 is 8.83 Å². The summed E-state index contributed by atoms with van der Waals surface area (Å²) in [6.07, 6.45) is 4.82. The SMILES string of the molecule is CC(Cl)c1ncc(-c2ccoc2)o1. The van der Waals surface area contributed by atoms with Crippen LogP contribution in [0.3, 0.4) is 0 Å². The maximum absolute atomic E-state index is 5.80. The highest BCUT2D eigenvalue weighted by Crippen LogP contribution is 2.25. The molecule has 0 radical (unpaired) electrons. The number of nitrogens with zero attached hydrogens (tertiary/aromatic N) is 1. The van der Waals surface area contributed by atoms with Crippen molar-refractivity contribution in [2.24, 2.45) is 0 Å². The summed E-state index contributed by atoms with van der Waals surface area (Å²) in [6, 6.07) is 1.81. The zero-order valence-electron chi connectivity index (χ0n) is 7.03. The lowest BCUT2D eigenvalue weighted by atomic mass is 10.3. The Morgan fingerprint density at radius 1 is 1.54 bits per heavy atom. The maximum atomic E-state index is 5.80. The van der Waals surface area contributed by atoms with E-state index in [0.717, 1.165) is 5.56 Å². The number of rotatable bonds is 2. The van der Waals surface area contributed by atoms with Gasteiger partial charge in [-0.3, -0.25) is 0 Å². The van der Waals surface area contributed by atoms with Crippen molar-refractivity contribution in [1.82, 2.24) is 4.98 Å². The zero-order valence-corrected chi connectivity index (χ0v) is 7.78. The molecule has 0 saturated carbocycles. The van der Waals surface area contributed by atoms with Gasteiger partial charge in [0.15, 0.2) is 5.76 Å². The van der Waals surface area contributed by atoms with Crippen LogP contribution in [0.4, 0.5) is 0 Å². The molecule has 4 heteroatoms. The van der Waals surface area contributed by atoms with Crippen LogP contribution >= 0.6 is 11.6 Å². The second-order valence-electron chi connectivity index (χ2n) is 2.69. The number of halogens is 1. The van der Waals surface area contributed by atoms with E-state index in [1.807, 2.05) is 13.0 Å². The van der Waals surface area contributed by atoms with Gasteiger partial charge in [0.1, 0.15) is 11.6 Å². The molecule has 0 fully saturated rings. The van der Waals surface area contributed by atoms with Gasteiger partial charge in [-0.25, -0.2) is 4.98 Å². The number of oxazole rings is 1. The van der Waals surface area contributed by atoms with Crippen LogP contribution in [0.25, 0.3) is 11.3 Å². The Labute approximate surface area is 80.3 Å². The predicted octanol–water partition coefficient (Wildman–Crippen LogP) is 3.23. The quantitative estimate of drug-likeness (QED) is 0.694. The third-order valence-corrected chi connectivity index (χ3v) is 1.86. The van der Waals surface area contributed by atoms with Gasteiger partial charge < -0.3 is 8.83 Å². The monoisotopic (exact) mass is 197 g/mol. The van der Waals surface area contributed by atoms with Gasteiger partial charge in [0, 0.05) is 0 Å². The van der Waals surface area contributed by atoms with Gasteiger partial charge in [-0.05, 0) is 13.0 Å². The molecule has 13 heavy (non-hydrogen) atoms. The highest BCUT2D eigenvalue weighted by atomic mass is 35.5. The van der Waals surface area contributed by atoms with E-state index in [0.29, 0.717) is 11.7 Å². The van der Waals surface area contributed by atoms with E-state index in [1.165, 1.54) is 0 Å². The van der Waals surface area contributed by atoms with E-state index < -0.39 is 0 Å². The fraction of sp³-hybridized carbons (Fsp3) is 0.222. The highest BCUT2D eigenvalue weighted by Gasteiger charge is 2.10. The summed E-state index contributed by atoms with van der Waals surface area (Å²) in [6.45, 7) is 1.81. The van der Waals surface area contributed by atoms with Gasteiger partial charge in [0.25, 0.3) is 0 Å². The van der Waals surface area contributed by atoms with Crippen molar-refractivity contribution in [3.63, 3.8) is 0 Å². The fourth-order valence-corrected chi connectivity index (χ4v) is 1.11. The van der Waals surface area contributed by atoms with Crippen molar-refractivity contribution in [2.75, 3.05) is 0 Å². The van der Waals surface area contributed by atoms with E-state index >= 15 is 0 Å². The summed E-state index contributed by atoms with van der Waals surface area (Å²) in [7, 11) is 0. The lowest BCUT2D eigenvalue weighted by Gasteiger charge is -1.93. The normalized spacial score (nSPS) is 13.1. The molecule has 0 aliphatic rings. The summed E-state index contributed by atoms with van der Waals surface area (Å²) in [5, 5.41) is -0.208. The molecule has 2 aromatic rings. The summed E-state index contributed by atoms with van der Waals surface area (Å²) in [5.41, 5.74) is 0.871. The summed E-state index contributed by atoms with van der Waals surface area (Å²) >= 11 is 5.80. The Balaban J connectivity index is 2.33. The Hall–Kier alpha value is -1.22. The summed E-state index contributed by atoms with van der Waals surface area (Å²) in [4.78, 5) is 4.03. The average molecular weight is 198 g/mol. The average Bonchev–Trinajstić information content (AvgIpc) is 2.75. The molecule has 0 aliphatic carbocycles. The summed E-state index contributed by atoms with van der Waals surface area (Å²) < 4.78 is 10.3. The molecule has 0 aliphatic heterocycles. The van der Waals surface area contributed by atoms with Crippen LogP contribution in [0.5, 0.6) is 0 Å². The van der Waals surface area contributed by atoms with Gasteiger partial charge >= 0.3 is 0 Å². The van der Waals surface area contributed by atoms with Gasteiger partial charge in [-0.15, -0.1) is 11.6 Å². The van der Waals surface area contributed by atoms with Crippen molar-refractivity contribution in [1.29, 1.82) is 0 Å². The Bertz CT molecular complexity index is 378. The molecular formula is C9H8ClNO2. The van der Waals surface area contributed by atoms with E-state index in [-0.39, 0.29) is 5.38 Å². The van der Waals surface area contributed by atoms with Crippen LogP contribution in [0.2, 0.25) is 0 Å². The molecule has 0 aromatic carbocycles. The van der Waals surface area contributed by atoms with Gasteiger partial charge in [-0.1, -0.05) is 0 Å². The largest absolute Gasteiger partial charge is 0.472 e. The van der Waals surface area contributed by atoms with E-state index in [2.05, 4.69) is 4.98 Å². The maximum Gasteiger partial charge on any atom is 0.212 e. The predicted molar refractivity (Wildman–Crippen MR) is 48.5 cm³/mol. The minimum absolute atomic E-state index is 0.208. The number of hydrogen-bond acceptors (Lipinski definition) is 3. The number of furan rings is 1. The standard InChI is InChI=1S/C9H8ClNO2/c1-6(10)9-11-4-8(13-9)7-2-3-12-5-7/h2-6H,1H3. The molecule has 0 saturated heterocycles. The van der Waals surface area contributed by atoms with E-state index in [9.17, 15) is 0 Å². The van der Waals surface area contributed by atoms with Gasteiger partial charge in [0.05, 0.1) is 18.0 Å². The van der Waals surface area contributed by atoms with Crippen LogP contribution in [0, 0.1) is 0 Å².